The van der Waals surface area contributed by atoms with Crippen LogP contribution < -0.4 is 10.2 Å². The highest BCUT2D eigenvalue weighted by Gasteiger charge is 2.46. The van der Waals surface area contributed by atoms with Crippen LogP contribution >= 0.6 is 0 Å². The number of hydrogen-bond donors (Lipinski definition) is 2. The molecule has 3 aliphatic carbocycles. The van der Waals surface area contributed by atoms with Crippen LogP contribution in [0.25, 0.3) is 5.57 Å². The van der Waals surface area contributed by atoms with Gasteiger partial charge in [-0.3, -0.25) is 14.4 Å². The van der Waals surface area contributed by atoms with Crippen LogP contribution in [0.1, 0.15) is 138 Å². The monoisotopic (exact) mass is 658 g/mol. The number of hydrogen-bond acceptors (Lipinski definition) is 6. The van der Waals surface area contributed by atoms with Crippen molar-refractivity contribution in [1.29, 1.82) is 0 Å². The molecule has 4 aliphatic rings. The van der Waals surface area contributed by atoms with Gasteiger partial charge in [0.2, 0.25) is 11.7 Å². The molecule has 1 aliphatic heterocycles. The molecule has 262 valence electrons. The highest BCUT2D eigenvalue weighted by molar-refractivity contribution is 6.44. The van der Waals surface area contributed by atoms with Crippen LogP contribution in [0.3, 0.4) is 0 Å². The Morgan fingerprint density at radius 1 is 0.938 bits per heavy atom. The first kappa shape index (κ1) is 35.9. The molecule has 2 amide bonds. The van der Waals surface area contributed by atoms with E-state index in [9.17, 15) is 19.5 Å². The van der Waals surface area contributed by atoms with Gasteiger partial charge in [-0.1, -0.05) is 72.1 Å². The molecule has 0 radical (unpaired) electrons. The number of carbonyl (C=O) groups excluding carboxylic acids is 3. The van der Waals surface area contributed by atoms with Crippen molar-refractivity contribution < 1.29 is 19.5 Å². The Morgan fingerprint density at radius 2 is 1.56 bits per heavy atom. The average Bonchev–Trinajstić information content (AvgIpc) is 3.82. The number of nitrogens with one attached hydrogen (secondary N) is 1. The van der Waals surface area contributed by atoms with Gasteiger partial charge in [-0.25, -0.2) is 5.01 Å². The fourth-order valence-corrected chi connectivity index (χ4v) is 7.69. The van der Waals surface area contributed by atoms with E-state index in [1.54, 1.807) is 0 Å². The minimum absolute atomic E-state index is 0.0456. The normalized spacial score (nSPS) is 21.0. The first-order valence-corrected chi connectivity index (χ1v) is 18.6. The zero-order valence-corrected chi connectivity index (χ0v) is 30.5. The Bertz CT molecular complexity index is 1500. The second-order valence-corrected chi connectivity index (χ2v) is 16.1. The maximum atomic E-state index is 14.1. The van der Waals surface area contributed by atoms with E-state index in [0.29, 0.717) is 35.7 Å². The summed E-state index contributed by atoms with van der Waals surface area (Å²) in [5.74, 6) is 0.345. The van der Waals surface area contributed by atoms with Gasteiger partial charge >= 0.3 is 0 Å². The number of amides is 2. The largest absolute Gasteiger partial charge is 0.506 e. The van der Waals surface area contributed by atoms with Crippen LogP contribution in [0, 0.1) is 17.3 Å². The minimum atomic E-state index is -0.621. The van der Waals surface area contributed by atoms with Crippen LogP contribution in [0.5, 0.6) is 0 Å². The van der Waals surface area contributed by atoms with Gasteiger partial charge < -0.3 is 15.3 Å². The molecular weight excluding hydrogens is 600 g/mol. The van der Waals surface area contributed by atoms with Gasteiger partial charge in [0.05, 0.1) is 33.7 Å². The summed E-state index contributed by atoms with van der Waals surface area (Å²) in [5.41, 5.74) is 1.73. The topological polar surface area (TPSA) is 102 Å². The summed E-state index contributed by atoms with van der Waals surface area (Å²) in [6, 6.07) is 5.75. The third kappa shape index (κ3) is 7.42. The van der Waals surface area contributed by atoms with E-state index in [0.717, 1.165) is 37.5 Å². The van der Waals surface area contributed by atoms with Crippen LogP contribution in [0.2, 0.25) is 0 Å². The summed E-state index contributed by atoms with van der Waals surface area (Å²) in [5, 5.41) is 20.9. The van der Waals surface area contributed by atoms with E-state index in [1.807, 2.05) is 59.7 Å². The lowest BCUT2D eigenvalue weighted by molar-refractivity contribution is -0.130. The van der Waals surface area contributed by atoms with E-state index >= 15 is 0 Å². The van der Waals surface area contributed by atoms with Gasteiger partial charge in [-0.15, -0.1) is 0 Å². The lowest BCUT2D eigenvalue weighted by Gasteiger charge is -2.30. The predicted molar refractivity (Wildman–Crippen MR) is 195 cm³/mol. The molecule has 8 nitrogen and oxygen atoms in total. The van der Waals surface area contributed by atoms with E-state index in [4.69, 9.17) is 5.10 Å². The van der Waals surface area contributed by atoms with Crippen molar-refractivity contribution in [3.8, 4) is 0 Å². The number of aliphatic hydroxyl groups is 1. The molecule has 0 bridgehead atoms. The molecule has 5 rings (SSSR count). The molecule has 48 heavy (non-hydrogen) atoms. The van der Waals surface area contributed by atoms with E-state index < -0.39 is 11.0 Å². The van der Waals surface area contributed by atoms with Crippen LogP contribution in [0.15, 0.2) is 40.2 Å². The van der Waals surface area contributed by atoms with Gasteiger partial charge in [0.15, 0.2) is 0 Å². The van der Waals surface area contributed by atoms with Gasteiger partial charge in [0.25, 0.3) is 5.91 Å². The molecule has 2 fully saturated rings. The highest BCUT2D eigenvalue weighted by Crippen LogP contribution is 2.44. The van der Waals surface area contributed by atoms with Crippen LogP contribution in [-0.2, 0) is 14.4 Å². The fourth-order valence-electron chi connectivity index (χ4n) is 7.69. The van der Waals surface area contributed by atoms with Crippen molar-refractivity contribution in [2.24, 2.45) is 22.4 Å². The van der Waals surface area contributed by atoms with Gasteiger partial charge in [-0.05, 0) is 89.8 Å². The molecule has 0 unspecified atom stereocenters. The number of benzene rings is 1. The number of Topliss-reactive ketones (excluding diaryl/α,β-unsaturated/α-hetero) is 1. The van der Waals surface area contributed by atoms with Crippen molar-refractivity contribution in [3.63, 3.8) is 0 Å². The predicted octanol–water partition coefficient (Wildman–Crippen LogP) is 8.97. The van der Waals surface area contributed by atoms with Gasteiger partial charge in [0.1, 0.15) is 5.76 Å². The molecular formula is C40H58N4O4. The molecule has 0 spiro atoms. The molecule has 2 saturated carbocycles. The summed E-state index contributed by atoms with van der Waals surface area (Å²) in [7, 11) is 0. The smallest absolute Gasteiger partial charge is 0.277 e. The molecule has 1 aromatic rings. The number of hydrazone groups is 1. The third-order valence-corrected chi connectivity index (χ3v) is 11.3. The van der Waals surface area contributed by atoms with Crippen molar-refractivity contribution >= 4 is 40.3 Å². The van der Waals surface area contributed by atoms with Crippen LogP contribution in [0.4, 0.5) is 11.4 Å². The summed E-state index contributed by atoms with van der Waals surface area (Å²) >= 11 is 0. The first-order valence-electron chi connectivity index (χ1n) is 18.6. The van der Waals surface area contributed by atoms with Gasteiger partial charge in [0, 0.05) is 29.8 Å². The third-order valence-electron chi connectivity index (χ3n) is 11.3. The molecule has 1 aromatic carbocycles. The molecule has 0 saturated heterocycles. The molecule has 1 heterocycles. The van der Waals surface area contributed by atoms with Crippen molar-refractivity contribution in [3.05, 3.63) is 40.7 Å². The summed E-state index contributed by atoms with van der Waals surface area (Å²) in [4.78, 5) is 43.7. The first-order chi connectivity index (χ1) is 22.8. The Kier molecular flexibility index (Phi) is 10.9. The number of allylic oxidation sites excluding steroid dienone is 2. The minimum Gasteiger partial charge on any atom is -0.506 e. The average molecular weight is 659 g/mol. The summed E-state index contributed by atoms with van der Waals surface area (Å²) < 4.78 is 0. The van der Waals surface area contributed by atoms with Crippen LogP contribution in [-0.4, -0.2) is 52.1 Å². The van der Waals surface area contributed by atoms with Gasteiger partial charge in [-0.2, -0.15) is 5.10 Å². The van der Waals surface area contributed by atoms with Crippen molar-refractivity contribution in [2.75, 3.05) is 23.3 Å². The van der Waals surface area contributed by atoms with E-state index in [1.165, 1.54) is 62.8 Å². The standard InChI is InChI=1S/C40H58N4O4/c1-8-40(6,7)38(48)41-31-25-28(43(9-2)24-14-19-26-15-10-11-16-26)21-22-29(31)32-35(45)34(36(32)46)33-30(23-20-27-17-12-13-18-27)42-44(37(33)47)39(3,4)5/h21-22,25-27,45H,8-20,23-24H2,1-7H3,(H,41,48)/b34-33-. The lowest BCUT2D eigenvalue weighted by atomic mass is 9.78. The van der Waals surface area contributed by atoms with Crippen molar-refractivity contribution in [1.82, 2.24) is 5.01 Å². The van der Waals surface area contributed by atoms with E-state index in [2.05, 4.69) is 17.1 Å². The molecule has 0 aromatic heterocycles. The number of rotatable bonds is 13. The summed E-state index contributed by atoms with van der Waals surface area (Å²) in [6.07, 6.45) is 14.7. The second-order valence-electron chi connectivity index (χ2n) is 16.1. The zero-order chi connectivity index (χ0) is 34.8. The molecule has 2 N–H and O–H groups in total. The molecule has 0 atom stereocenters. The maximum absolute atomic E-state index is 14.1. The van der Waals surface area contributed by atoms with Crippen molar-refractivity contribution in [2.45, 2.75) is 137 Å². The van der Waals surface area contributed by atoms with E-state index in [-0.39, 0.29) is 40.1 Å². The summed E-state index contributed by atoms with van der Waals surface area (Å²) in [6.45, 7) is 15.4. The second kappa shape index (κ2) is 14.6. The Balaban J connectivity index is 1.49. The Labute approximate surface area is 288 Å². The Hall–Kier alpha value is -3.42. The number of anilines is 2. The number of carbonyl (C=O) groups is 3. The quantitative estimate of drug-likeness (QED) is 0.206. The zero-order valence-electron chi connectivity index (χ0n) is 30.5. The maximum Gasteiger partial charge on any atom is 0.277 e. The molecule has 8 heteroatoms. The highest BCUT2D eigenvalue weighted by atomic mass is 16.3. The lowest BCUT2D eigenvalue weighted by Crippen LogP contribution is -2.40. The number of aliphatic hydroxyl groups excluding tert-OH is 1. The Morgan fingerprint density at radius 3 is 2.12 bits per heavy atom. The number of nitrogens with zero attached hydrogens (tertiary/aromatic N) is 3. The fraction of sp³-hybridized carbons (Fsp3) is 0.650. The SMILES string of the molecule is CCN(CCCC1CCCC1)c1ccc(C2=C(O)/C(=C3/C(=O)N(C(C)(C)C)N=C3CCC3CCCC3)C2=O)c(NC(=O)C(C)(C)CC)c1. The number of ketones is 1.